The Morgan fingerprint density at radius 3 is 2.12 bits per heavy atom. The number of nitro groups is 2. The number of esters is 1. The Bertz CT molecular complexity index is 834. The van der Waals surface area contributed by atoms with Crippen molar-refractivity contribution in [2.75, 3.05) is 0 Å². The Balaban J connectivity index is 2.41. The minimum Gasteiger partial charge on any atom is -0.422 e. The standard InChI is InChI=1S/C14H7ClN2O7/c15-10-1-2-13(9(3-10)7-18)24-14(19)8-4-11(16(20)21)6-12(5-8)17(22)23/h1-7H. The molecule has 0 aliphatic carbocycles. The first-order chi connectivity index (χ1) is 11.3. The molecule has 10 heteroatoms. The molecule has 2 aromatic rings. The van der Waals surface area contributed by atoms with Gasteiger partial charge in [0.25, 0.3) is 11.4 Å². The molecule has 0 amide bonds. The van der Waals surface area contributed by atoms with Gasteiger partial charge in [-0.3, -0.25) is 25.0 Å². The summed E-state index contributed by atoms with van der Waals surface area (Å²) in [5, 5.41) is 21.9. The van der Waals surface area contributed by atoms with Crippen LogP contribution in [0.5, 0.6) is 5.75 Å². The number of halogens is 1. The molecule has 0 bridgehead atoms. The lowest BCUT2D eigenvalue weighted by Crippen LogP contribution is -2.11. The van der Waals surface area contributed by atoms with Gasteiger partial charge in [0.15, 0.2) is 6.29 Å². The summed E-state index contributed by atoms with van der Waals surface area (Å²) in [5.41, 5.74) is -1.69. The predicted octanol–water partition coefficient (Wildman–Crippen LogP) is 3.19. The maximum absolute atomic E-state index is 12.1. The van der Waals surface area contributed by atoms with Crippen LogP contribution in [0.4, 0.5) is 11.4 Å². The van der Waals surface area contributed by atoms with Gasteiger partial charge in [0, 0.05) is 17.2 Å². The fourth-order valence-electron chi connectivity index (χ4n) is 1.79. The van der Waals surface area contributed by atoms with Crippen molar-refractivity contribution in [3.8, 4) is 5.75 Å². The van der Waals surface area contributed by atoms with Gasteiger partial charge in [0.05, 0.1) is 27.0 Å². The van der Waals surface area contributed by atoms with Crippen LogP contribution in [-0.2, 0) is 0 Å². The first-order valence-corrected chi connectivity index (χ1v) is 6.60. The highest BCUT2D eigenvalue weighted by Crippen LogP contribution is 2.26. The number of nitro benzene ring substituents is 2. The lowest BCUT2D eigenvalue weighted by atomic mass is 10.1. The summed E-state index contributed by atoms with van der Waals surface area (Å²) in [7, 11) is 0. The molecule has 0 saturated heterocycles. The molecule has 0 saturated carbocycles. The number of hydrogen-bond donors (Lipinski definition) is 0. The number of ether oxygens (including phenoxy) is 1. The summed E-state index contributed by atoms with van der Waals surface area (Å²) >= 11 is 5.71. The van der Waals surface area contributed by atoms with E-state index >= 15 is 0 Å². The van der Waals surface area contributed by atoms with Gasteiger partial charge in [-0.05, 0) is 18.2 Å². The monoisotopic (exact) mass is 350 g/mol. The van der Waals surface area contributed by atoms with E-state index in [9.17, 15) is 29.8 Å². The van der Waals surface area contributed by atoms with Crippen LogP contribution in [-0.4, -0.2) is 22.1 Å². The molecule has 0 aliphatic rings. The normalized spacial score (nSPS) is 10.0. The van der Waals surface area contributed by atoms with Gasteiger partial charge in [-0.25, -0.2) is 4.79 Å². The molecule has 0 fully saturated rings. The molecule has 0 spiro atoms. The SMILES string of the molecule is O=Cc1cc(Cl)ccc1OC(=O)c1cc([N+](=O)[O-])cc([N+](=O)[O-])c1. The van der Waals surface area contributed by atoms with Gasteiger partial charge in [-0.2, -0.15) is 0 Å². The van der Waals surface area contributed by atoms with E-state index in [2.05, 4.69) is 0 Å². The average molecular weight is 351 g/mol. The second kappa shape index (κ2) is 6.84. The molecule has 2 rings (SSSR count). The summed E-state index contributed by atoms with van der Waals surface area (Å²) in [6.07, 6.45) is 0.407. The summed E-state index contributed by atoms with van der Waals surface area (Å²) in [6.45, 7) is 0. The highest BCUT2D eigenvalue weighted by Gasteiger charge is 2.21. The second-order valence-electron chi connectivity index (χ2n) is 4.44. The van der Waals surface area contributed by atoms with E-state index in [-0.39, 0.29) is 16.3 Å². The van der Waals surface area contributed by atoms with E-state index in [1.165, 1.54) is 18.2 Å². The number of rotatable bonds is 5. The smallest absolute Gasteiger partial charge is 0.344 e. The molecule has 0 radical (unpaired) electrons. The fourth-order valence-corrected chi connectivity index (χ4v) is 1.97. The Labute approximate surface area is 138 Å². The van der Waals surface area contributed by atoms with Crippen LogP contribution in [0.15, 0.2) is 36.4 Å². The van der Waals surface area contributed by atoms with Crippen LogP contribution in [0, 0.1) is 20.2 Å². The van der Waals surface area contributed by atoms with Crippen LogP contribution >= 0.6 is 11.6 Å². The molecule has 2 aromatic carbocycles. The van der Waals surface area contributed by atoms with Gasteiger partial charge in [-0.1, -0.05) is 11.6 Å². The number of hydrogen-bond acceptors (Lipinski definition) is 7. The highest BCUT2D eigenvalue weighted by atomic mass is 35.5. The Hall–Kier alpha value is -3.33. The molecule has 0 aromatic heterocycles. The second-order valence-corrected chi connectivity index (χ2v) is 4.88. The van der Waals surface area contributed by atoms with Crippen LogP contribution < -0.4 is 4.74 Å². The number of non-ortho nitro benzene ring substituents is 2. The number of benzene rings is 2. The van der Waals surface area contributed by atoms with Crippen molar-refractivity contribution >= 4 is 35.2 Å². The van der Waals surface area contributed by atoms with Crippen molar-refractivity contribution in [2.45, 2.75) is 0 Å². The molecule has 0 unspecified atom stereocenters. The lowest BCUT2D eigenvalue weighted by molar-refractivity contribution is -0.394. The van der Waals surface area contributed by atoms with Crippen molar-refractivity contribution < 1.29 is 24.2 Å². The first-order valence-electron chi connectivity index (χ1n) is 6.22. The molecule has 0 aliphatic heterocycles. The van der Waals surface area contributed by atoms with E-state index in [1.807, 2.05) is 0 Å². The van der Waals surface area contributed by atoms with E-state index < -0.39 is 32.8 Å². The highest BCUT2D eigenvalue weighted by molar-refractivity contribution is 6.30. The van der Waals surface area contributed by atoms with Crippen LogP contribution in [0.25, 0.3) is 0 Å². The molecule has 122 valence electrons. The topological polar surface area (TPSA) is 130 Å². The minimum atomic E-state index is -1.09. The molecule has 9 nitrogen and oxygen atoms in total. The van der Waals surface area contributed by atoms with Gasteiger partial charge in [0.1, 0.15) is 5.75 Å². The van der Waals surface area contributed by atoms with Crippen molar-refractivity contribution in [3.63, 3.8) is 0 Å². The zero-order chi connectivity index (χ0) is 17.9. The van der Waals surface area contributed by atoms with E-state index in [0.717, 1.165) is 18.2 Å². The lowest BCUT2D eigenvalue weighted by Gasteiger charge is -2.07. The summed E-state index contributed by atoms with van der Waals surface area (Å²) in [5.74, 6) is -1.22. The van der Waals surface area contributed by atoms with Gasteiger partial charge in [0.2, 0.25) is 0 Å². The third kappa shape index (κ3) is 3.70. The van der Waals surface area contributed by atoms with Crippen molar-refractivity contribution in [1.29, 1.82) is 0 Å². The summed E-state index contributed by atoms with van der Waals surface area (Å²) in [6, 6.07) is 6.28. The zero-order valence-corrected chi connectivity index (χ0v) is 12.4. The fraction of sp³-hybridized carbons (Fsp3) is 0. The van der Waals surface area contributed by atoms with E-state index in [4.69, 9.17) is 16.3 Å². The Kier molecular flexibility index (Phi) is 4.85. The molecule has 0 N–H and O–H groups in total. The average Bonchev–Trinajstić information content (AvgIpc) is 2.55. The number of nitrogens with zero attached hydrogens (tertiary/aromatic N) is 2. The van der Waals surface area contributed by atoms with Crippen molar-refractivity contribution in [3.05, 3.63) is 72.8 Å². The summed E-state index contributed by atoms with van der Waals surface area (Å²) in [4.78, 5) is 42.9. The minimum absolute atomic E-state index is 0.0178. The zero-order valence-electron chi connectivity index (χ0n) is 11.7. The van der Waals surface area contributed by atoms with Crippen LogP contribution in [0.1, 0.15) is 20.7 Å². The van der Waals surface area contributed by atoms with Crippen molar-refractivity contribution in [1.82, 2.24) is 0 Å². The predicted molar refractivity (Wildman–Crippen MR) is 81.5 cm³/mol. The largest absolute Gasteiger partial charge is 0.422 e. The molecule has 0 heterocycles. The molecule has 24 heavy (non-hydrogen) atoms. The quantitative estimate of drug-likeness (QED) is 0.266. The first kappa shape index (κ1) is 17.0. The van der Waals surface area contributed by atoms with Crippen LogP contribution in [0.3, 0.4) is 0 Å². The van der Waals surface area contributed by atoms with Crippen molar-refractivity contribution in [2.24, 2.45) is 0 Å². The Morgan fingerprint density at radius 1 is 1.04 bits per heavy atom. The third-order valence-electron chi connectivity index (χ3n) is 2.86. The molecular weight excluding hydrogens is 344 g/mol. The van der Waals surface area contributed by atoms with Gasteiger partial charge in [-0.15, -0.1) is 0 Å². The maximum atomic E-state index is 12.1. The van der Waals surface area contributed by atoms with Crippen LogP contribution in [0.2, 0.25) is 5.02 Å². The Morgan fingerprint density at radius 2 is 1.62 bits per heavy atom. The van der Waals surface area contributed by atoms with E-state index in [1.54, 1.807) is 0 Å². The molecule has 0 atom stereocenters. The maximum Gasteiger partial charge on any atom is 0.344 e. The van der Waals surface area contributed by atoms with Gasteiger partial charge >= 0.3 is 5.97 Å². The number of aldehydes is 1. The van der Waals surface area contributed by atoms with E-state index in [0.29, 0.717) is 6.29 Å². The van der Waals surface area contributed by atoms with Gasteiger partial charge < -0.3 is 4.74 Å². The number of carbonyl (C=O) groups is 2. The summed E-state index contributed by atoms with van der Waals surface area (Å²) < 4.78 is 4.97. The third-order valence-corrected chi connectivity index (χ3v) is 3.10. The number of carbonyl (C=O) groups excluding carboxylic acids is 2. The molecular formula is C14H7ClN2O7.